The highest BCUT2D eigenvalue weighted by Gasteiger charge is 2.04. The van der Waals surface area contributed by atoms with E-state index in [1.54, 1.807) is 0 Å². The van der Waals surface area contributed by atoms with Gasteiger partial charge in [0.05, 0.1) is 12.2 Å². The number of nitrogens with one attached hydrogen (secondary N) is 1. The van der Waals surface area contributed by atoms with Crippen molar-refractivity contribution in [3.8, 4) is 0 Å². The first kappa shape index (κ1) is 10.7. The highest BCUT2D eigenvalue weighted by molar-refractivity contribution is 5.26. The molecule has 0 aliphatic heterocycles. The molecule has 2 rings (SSSR count). The lowest BCUT2D eigenvalue weighted by Crippen LogP contribution is -2.10. The van der Waals surface area contributed by atoms with Gasteiger partial charge in [-0.25, -0.2) is 4.98 Å². The van der Waals surface area contributed by atoms with Gasteiger partial charge in [0.25, 0.3) is 0 Å². The molecule has 0 atom stereocenters. The summed E-state index contributed by atoms with van der Waals surface area (Å²) in [5, 5.41) is 7.45. The third-order valence-electron chi connectivity index (χ3n) is 2.50. The monoisotopic (exact) mass is 219 g/mol. The van der Waals surface area contributed by atoms with Crippen molar-refractivity contribution in [3.63, 3.8) is 0 Å². The van der Waals surface area contributed by atoms with Crippen LogP contribution in [0.25, 0.3) is 0 Å². The van der Waals surface area contributed by atoms with Crippen LogP contribution in [0, 0.1) is 0 Å². The van der Waals surface area contributed by atoms with E-state index in [2.05, 4.69) is 26.9 Å². The van der Waals surface area contributed by atoms with E-state index in [-0.39, 0.29) is 0 Å². The topological polar surface area (TPSA) is 47.7 Å². The Balaban J connectivity index is 2.09. The molecule has 0 aliphatic carbocycles. The van der Waals surface area contributed by atoms with Gasteiger partial charge < -0.3 is 9.88 Å². The zero-order valence-electron chi connectivity index (χ0n) is 9.72. The molecule has 5 heteroatoms. The Bertz CT molecular complexity index is 443. The lowest BCUT2D eigenvalue weighted by atomic mass is 10.4. The van der Waals surface area contributed by atoms with Crippen molar-refractivity contribution < 1.29 is 0 Å². The van der Waals surface area contributed by atoms with Gasteiger partial charge in [-0.2, -0.15) is 5.10 Å². The third kappa shape index (κ3) is 2.24. The van der Waals surface area contributed by atoms with E-state index < -0.39 is 0 Å². The van der Waals surface area contributed by atoms with Crippen molar-refractivity contribution in [1.29, 1.82) is 0 Å². The van der Waals surface area contributed by atoms with Crippen molar-refractivity contribution in [1.82, 2.24) is 19.3 Å². The maximum Gasteiger partial charge on any atom is 0.203 e. The highest BCUT2D eigenvalue weighted by Crippen LogP contribution is 2.08. The molecule has 2 heterocycles. The Morgan fingerprint density at radius 3 is 2.94 bits per heavy atom. The molecule has 0 amide bonds. The van der Waals surface area contributed by atoms with Crippen LogP contribution in [0.1, 0.15) is 19.0 Å². The van der Waals surface area contributed by atoms with E-state index >= 15 is 0 Å². The minimum absolute atomic E-state index is 0.794. The second-order valence-corrected chi connectivity index (χ2v) is 3.75. The van der Waals surface area contributed by atoms with E-state index in [9.17, 15) is 0 Å². The number of nitrogens with zero attached hydrogens (tertiary/aromatic N) is 4. The fraction of sp³-hybridized carbons (Fsp3) is 0.455. The molecule has 0 unspecified atom stereocenters. The Hall–Kier alpha value is -1.78. The summed E-state index contributed by atoms with van der Waals surface area (Å²) in [6.45, 7) is 3.88. The Kier molecular flexibility index (Phi) is 3.24. The van der Waals surface area contributed by atoms with Crippen LogP contribution < -0.4 is 5.32 Å². The van der Waals surface area contributed by atoms with Crippen LogP contribution in [-0.2, 0) is 13.6 Å². The largest absolute Gasteiger partial charge is 0.356 e. The average Bonchev–Trinajstić information content (AvgIpc) is 2.87. The molecule has 16 heavy (non-hydrogen) atoms. The maximum absolute atomic E-state index is 4.29. The van der Waals surface area contributed by atoms with Crippen molar-refractivity contribution in [2.24, 2.45) is 7.05 Å². The summed E-state index contributed by atoms with van der Waals surface area (Å²) >= 11 is 0. The second-order valence-electron chi connectivity index (χ2n) is 3.75. The molecule has 1 N–H and O–H groups in total. The summed E-state index contributed by atoms with van der Waals surface area (Å²) in [5.74, 6) is 0.919. The molecular formula is C11H17N5. The van der Waals surface area contributed by atoms with Crippen molar-refractivity contribution in [2.45, 2.75) is 19.9 Å². The predicted molar refractivity (Wildman–Crippen MR) is 63.3 cm³/mol. The van der Waals surface area contributed by atoms with Crippen molar-refractivity contribution in [3.05, 3.63) is 30.4 Å². The lowest BCUT2D eigenvalue weighted by Gasteiger charge is -2.09. The summed E-state index contributed by atoms with van der Waals surface area (Å²) in [6, 6.07) is 2.02. The van der Waals surface area contributed by atoms with E-state index in [4.69, 9.17) is 0 Å². The molecule has 0 saturated heterocycles. The van der Waals surface area contributed by atoms with E-state index in [0.717, 1.165) is 31.2 Å². The zero-order chi connectivity index (χ0) is 11.4. The van der Waals surface area contributed by atoms with Gasteiger partial charge in [0.2, 0.25) is 5.95 Å². The molecule has 0 saturated carbocycles. The number of rotatable bonds is 5. The normalized spacial score (nSPS) is 10.6. The maximum atomic E-state index is 4.29. The van der Waals surface area contributed by atoms with Crippen LogP contribution in [0.15, 0.2) is 24.7 Å². The van der Waals surface area contributed by atoms with Crippen LogP contribution in [0.3, 0.4) is 0 Å². The summed E-state index contributed by atoms with van der Waals surface area (Å²) in [6.07, 6.45) is 6.70. The van der Waals surface area contributed by atoms with Crippen LogP contribution in [-0.4, -0.2) is 25.9 Å². The minimum atomic E-state index is 0.794. The molecule has 0 aliphatic rings. The summed E-state index contributed by atoms with van der Waals surface area (Å²) in [7, 11) is 1.95. The Morgan fingerprint density at radius 2 is 2.25 bits per heavy atom. The molecule has 2 aromatic heterocycles. The van der Waals surface area contributed by atoms with Crippen LogP contribution in [0.4, 0.5) is 5.95 Å². The van der Waals surface area contributed by atoms with E-state index in [1.165, 1.54) is 0 Å². The molecule has 0 radical (unpaired) electrons. The van der Waals surface area contributed by atoms with Crippen molar-refractivity contribution >= 4 is 5.95 Å². The van der Waals surface area contributed by atoms with Crippen LogP contribution >= 0.6 is 0 Å². The number of hydrogen-bond acceptors (Lipinski definition) is 3. The molecule has 0 bridgehead atoms. The number of imidazole rings is 1. The van der Waals surface area contributed by atoms with Crippen molar-refractivity contribution in [2.75, 3.05) is 11.9 Å². The van der Waals surface area contributed by atoms with Gasteiger partial charge in [-0.3, -0.25) is 4.68 Å². The first-order valence-electron chi connectivity index (χ1n) is 5.53. The highest BCUT2D eigenvalue weighted by atomic mass is 15.3. The number of aromatic nitrogens is 4. The molecule has 2 aromatic rings. The van der Waals surface area contributed by atoms with Crippen LogP contribution in [0.5, 0.6) is 0 Å². The van der Waals surface area contributed by atoms with Gasteiger partial charge in [-0.05, 0) is 12.5 Å². The quantitative estimate of drug-likeness (QED) is 0.828. The summed E-state index contributed by atoms with van der Waals surface area (Å²) in [5.41, 5.74) is 1.16. The molecule has 0 aromatic carbocycles. The number of aryl methyl sites for hydroxylation is 1. The van der Waals surface area contributed by atoms with Gasteiger partial charge in [0, 0.05) is 32.2 Å². The average molecular weight is 219 g/mol. The summed E-state index contributed by atoms with van der Waals surface area (Å²) < 4.78 is 3.97. The van der Waals surface area contributed by atoms with Gasteiger partial charge >= 0.3 is 0 Å². The summed E-state index contributed by atoms with van der Waals surface area (Å²) in [4.78, 5) is 4.29. The molecule has 0 spiro atoms. The molecule has 0 fully saturated rings. The smallest absolute Gasteiger partial charge is 0.203 e. The third-order valence-corrected chi connectivity index (χ3v) is 2.50. The SMILES string of the molecule is CCCNc1nccn1Cc1ccnn1C. The van der Waals surface area contributed by atoms with Crippen LogP contribution in [0.2, 0.25) is 0 Å². The molecular weight excluding hydrogens is 202 g/mol. The predicted octanol–water partition coefficient (Wildman–Crippen LogP) is 1.49. The van der Waals surface area contributed by atoms with E-state index in [0.29, 0.717) is 0 Å². The first-order chi connectivity index (χ1) is 7.81. The number of hydrogen-bond donors (Lipinski definition) is 1. The first-order valence-corrected chi connectivity index (χ1v) is 5.53. The minimum Gasteiger partial charge on any atom is -0.356 e. The van der Waals surface area contributed by atoms with Gasteiger partial charge in [0.1, 0.15) is 0 Å². The Morgan fingerprint density at radius 1 is 1.38 bits per heavy atom. The second kappa shape index (κ2) is 4.83. The van der Waals surface area contributed by atoms with Gasteiger partial charge in [-0.1, -0.05) is 6.92 Å². The van der Waals surface area contributed by atoms with Gasteiger partial charge in [0.15, 0.2) is 0 Å². The number of anilines is 1. The fourth-order valence-corrected chi connectivity index (χ4v) is 1.57. The molecule has 5 nitrogen and oxygen atoms in total. The van der Waals surface area contributed by atoms with Gasteiger partial charge in [-0.15, -0.1) is 0 Å². The molecule has 86 valence electrons. The standard InChI is InChI=1S/C11H17N5/c1-3-5-12-11-13-7-8-16(11)9-10-4-6-14-15(10)2/h4,6-8H,3,5,9H2,1-2H3,(H,12,13). The van der Waals surface area contributed by atoms with E-state index in [1.807, 2.05) is 36.4 Å². The fourth-order valence-electron chi connectivity index (χ4n) is 1.57. The lowest BCUT2D eigenvalue weighted by molar-refractivity contribution is 0.668. The zero-order valence-corrected chi connectivity index (χ0v) is 9.72. The Labute approximate surface area is 95.1 Å².